The topological polar surface area (TPSA) is 96.5 Å². The molecule has 0 aliphatic carbocycles. The van der Waals surface area contributed by atoms with Gasteiger partial charge in [0.15, 0.2) is 0 Å². The van der Waals surface area contributed by atoms with Crippen molar-refractivity contribution in [2.45, 2.75) is 19.4 Å². The van der Waals surface area contributed by atoms with E-state index >= 15 is 0 Å². The molecule has 7 heteroatoms. The molecule has 142 valence electrons. The van der Waals surface area contributed by atoms with Gasteiger partial charge in [-0.3, -0.25) is 14.4 Å². The van der Waals surface area contributed by atoms with Crippen molar-refractivity contribution in [3.05, 3.63) is 60.2 Å². The fourth-order valence-electron chi connectivity index (χ4n) is 2.40. The van der Waals surface area contributed by atoms with Crippen LogP contribution in [0, 0.1) is 0 Å². The Morgan fingerprint density at radius 1 is 0.889 bits per heavy atom. The summed E-state index contributed by atoms with van der Waals surface area (Å²) in [6.07, 6.45) is 0.144. The van der Waals surface area contributed by atoms with Crippen molar-refractivity contribution in [3.8, 4) is 0 Å². The van der Waals surface area contributed by atoms with E-state index in [-0.39, 0.29) is 36.8 Å². The second-order valence-electron chi connectivity index (χ2n) is 6.05. The Morgan fingerprint density at radius 2 is 1.44 bits per heavy atom. The van der Waals surface area contributed by atoms with Crippen molar-refractivity contribution < 1.29 is 19.1 Å². The number of hydrogen-bond donors (Lipinski definition) is 3. The number of carbonyl (C=O) groups is 3. The van der Waals surface area contributed by atoms with Crippen LogP contribution in [0.15, 0.2) is 54.6 Å². The fourth-order valence-corrected chi connectivity index (χ4v) is 2.40. The summed E-state index contributed by atoms with van der Waals surface area (Å²) in [6, 6.07) is 15.3. The Balaban J connectivity index is 1.81. The van der Waals surface area contributed by atoms with Crippen LogP contribution >= 0.6 is 0 Å². The number of nitrogens with one attached hydrogen (secondary N) is 3. The molecule has 0 saturated carbocycles. The van der Waals surface area contributed by atoms with Gasteiger partial charge in [0, 0.05) is 36.5 Å². The number of ether oxygens (including phenoxy) is 1. The molecule has 0 spiro atoms. The summed E-state index contributed by atoms with van der Waals surface area (Å²) in [5.74, 6) is -0.684. The lowest BCUT2D eigenvalue weighted by molar-refractivity contribution is -0.119. The minimum atomic E-state index is -0.315. The van der Waals surface area contributed by atoms with Crippen LogP contribution in [0.2, 0.25) is 0 Å². The maximum Gasteiger partial charge on any atom is 0.251 e. The highest BCUT2D eigenvalue weighted by Crippen LogP contribution is 2.14. The molecule has 0 saturated heterocycles. The van der Waals surface area contributed by atoms with Crippen LogP contribution in [0.3, 0.4) is 0 Å². The van der Waals surface area contributed by atoms with Crippen molar-refractivity contribution in [1.82, 2.24) is 5.32 Å². The minimum Gasteiger partial charge on any atom is -0.375 e. The van der Waals surface area contributed by atoms with Crippen LogP contribution in [-0.2, 0) is 14.3 Å². The maximum absolute atomic E-state index is 12.1. The van der Waals surface area contributed by atoms with E-state index in [4.69, 9.17) is 4.74 Å². The van der Waals surface area contributed by atoms with Gasteiger partial charge in [0.05, 0.1) is 0 Å². The van der Waals surface area contributed by atoms with Gasteiger partial charge >= 0.3 is 0 Å². The number of amides is 3. The number of methoxy groups -OCH3 is 1. The average molecular weight is 369 g/mol. The first-order valence-electron chi connectivity index (χ1n) is 8.52. The molecule has 2 aromatic carbocycles. The standard InChI is InChI=1S/C20H23N3O4/c1-14(21-20(26)15-6-4-3-5-7-15)12-18(24)22-16-8-10-17(11-9-16)23-19(25)13-27-2/h3-11,14H,12-13H2,1-2H3,(H,21,26)(H,22,24)(H,23,25). The lowest BCUT2D eigenvalue weighted by Gasteiger charge is -2.14. The molecule has 3 amide bonds. The summed E-state index contributed by atoms with van der Waals surface area (Å²) < 4.78 is 4.75. The number of hydrogen-bond acceptors (Lipinski definition) is 4. The predicted molar refractivity (Wildman–Crippen MR) is 104 cm³/mol. The van der Waals surface area contributed by atoms with E-state index in [0.717, 1.165) is 0 Å². The SMILES string of the molecule is COCC(=O)Nc1ccc(NC(=O)CC(C)NC(=O)c2ccccc2)cc1. The van der Waals surface area contributed by atoms with E-state index in [9.17, 15) is 14.4 Å². The van der Waals surface area contributed by atoms with Crippen LogP contribution in [0.5, 0.6) is 0 Å². The average Bonchev–Trinajstić information content (AvgIpc) is 2.64. The van der Waals surface area contributed by atoms with Gasteiger partial charge in [0.25, 0.3) is 5.91 Å². The molecule has 0 heterocycles. The Bertz CT molecular complexity index is 776. The highest BCUT2D eigenvalue weighted by Gasteiger charge is 2.13. The van der Waals surface area contributed by atoms with Crippen LogP contribution < -0.4 is 16.0 Å². The van der Waals surface area contributed by atoms with Crippen molar-refractivity contribution in [2.75, 3.05) is 24.4 Å². The molecule has 0 radical (unpaired) electrons. The Labute approximate surface area is 158 Å². The highest BCUT2D eigenvalue weighted by molar-refractivity contribution is 5.96. The molecule has 1 atom stereocenters. The van der Waals surface area contributed by atoms with Gasteiger partial charge in [-0.15, -0.1) is 0 Å². The van der Waals surface area contributed by atoms with Gasteiger partial charge in [0.1, 0.15) is 6.61 Å². The molecule has 2 rings (SSSR count). The largest absolute Gasteiger partial charge is 0.375 e. The zero-order valence-corrected chi connectivity index (χ0v) is 15.3. The quantitative estimate of drug-likeness (QED) is 0.666. The van der Waals surface area contributed by atoms with E-state index in [2.05, 4.69) is 16.0 Å². The molecular formula is C20H23N3O4. The van der Waals surface area contributed by atoms with Gasteiger partial charge in [-0.1, -0.05) is 18.2 Å². The normalized spacial score (nSPS) is 11.3. The molecule has 0 fully saturated rings. The molecule has 3 N–H and O–H groups in total. The Kier molecular flexibility index (Phi) is 7.51. The van der Waals surface area contributed by atoms with Crippen molar-refractivity contribution in [3.63, 3.8) is 0 Å². The first-order valence-corrected chi connectivity index (χ1v) is 8.52. The molecular weight excluding hydrogens is 346 g/mol. The monoisotopic (exact) mass is 369 g/mol. The Morgan fingerprint density at radius 3 is 2.00 bits per heavy atom. The van der Waals surface area contributed by atoms with Crippen LogP contribution in [0.25, 0.3) is 0 Å². The van der Waals surface area contributed by atoms with Crippen LogP contribution in [0.4, 0.5) is 11.4 Å². The molecule has 7 nitrogen and oxygen atoms in total. The van der Waals surface area contributed by atoms with Crippen molar-refractivity contribution >= 4 is 29.1 Å². The first-order chi connectivity index (χ1) is 13.0. The summed E-state index contributed by atoms with van der Waals surface area (Å²) in [7, 11) is 1.45. The number of rotatable bonds is 8. The zero-order chi connectivity index (χ0) is 19.6. The summed E-state index contributed by atoms with van der Waals surface area (Å²) in [4.78, 5) is 35.7. The second kappa shape index (κ2) is 10.1. The Hall–Kier alpha value is -3.19. The lowest BCUT2D eigenvalue weighted by atomic mass is 10.1. The molecule has 0 aromatic heterocycles. The molecule has 1 unspecified atom stereocenters. The fraction of sp³-hybridized carbons (Fsp3) is 0.250. The van der Waals surface area contributed by atoms with Crippen LogP contribution in [-0.4, -0.2) is 37.5 Å². The molecule has 2 aromatic rings. The van der Waals surface area contributed by atoms with E-state index in [1.165, 1.54) is 7.11 Å². The molecule has 0 bridgehead atoms. The van der Waals surface area contributed by atoms with Gasteiger partial charge < -0.3 is 20.7 Å². The number of anilines is 2. The van der Waals surface area contributed by atoms with Crippen molar-refractivity contribution in [2.24, 2.45) is 0 Å². The smallest absolute Gasteiger partial charge is 0.251 e. The van der Waals surface area contributed by atoms with Gasteiger partial charge in [-0.2, -0.15) is 0 Å². The highest BCUT2D eigenvalue weighted by atomic mass is 16.5. The summed E-state index contributed by atoms with van der Waals surface area (Å²) in [5.41, 5.74) is 1.76. The lowest BCUT2D eigenvalue weighted by Crippen LogP contribution is -2.35. The summed E-state index contributed by atoms with van der Waals surface area (Å²) in [5, 5.41) is 8.23. The molecule has 0 aliphatic heterocycles. The third-order valence-corrected chi connectivity index (χ3v) is 3.63. The second-order valence-corrected chi connectivity index (χ2v) is 6.05. The van der Waals surface area contributed by atoms with Crippen LogP contribution in [0.1, 0.15) is 23.7 Å². The zero-order valence-electron chi connectivity index (χ0n) is 15.3. The predicted octanol–water partition coefficient (Wildman–Crippen LogP) is 2.42. The number of carbonyl (C=O) groups excluding carboxylic acids is 3. The summed E-state index contributed by atoms with van der Waals surface area (Å²) >= 11 is 0. The third kappa shape index (κ3) is 6.91. The maximum atomic E-state index is 12.1. The third-order valence-electron chi connectivity index (χ3n) is 3.63. The summed E-state index contributed by atoms with van der Waals surface area (Å²) in [6.45, 7) is 1.75. The van der Waals surface area contributed by atoms with E-state index in [1.807, 2.05) is 6.07 Å². The first kappa shape index (κ1) is 20.1. The van der Waals surface area contributed by atoms with E-state index in [1.54, 1.807) is 55.5 Å². The molecule has 0 aliphatic rings. The van der Waals surface area contributed by atoms with Gasteiger partial charge in [-0.05, 0) is 43.3 Å². The minimum absolute atomic E-state index is 0.0227. The van der Waals surface area contributed by atoms with E-state index < -0.39 is 0 Å². The number of benzene rings is 2. The van der Waals surface area contributed by atoms with Gasteiger partial charge in [-0.25, -0.2) is 0 Å². The molecule has 27 heavy (non-hydrogen) atoms. The van der Waals surface area contributed by atoms with Crippen molar-refractivity contribution in [1.29, 1.82) is 0 Å². The van der Waals surface area contributed by atoms with Gasteiger partial charge in [0.2, 0.25) is 11.8 Å². The van der Waals surface area contributed by atoms with E-state index in [0.29, 0.717) is 16.9 Å².